The molecule has 3 aromatic heterocycles. The van der Waals surface area contributed by atoms with Crippen LogP contribution in [0.4, 0.5) is 11.6 Å². The third kappa shape index (κ3) is 6.16. The van der Waals surface area contributed by atoms with Crippen LogP contribution < -0.4 is 15.8 Å². The third-order valence-corrected chi connectivity index (χ3v) is 7.43. The molecule has 1 aliphatic heterocycles. The molecule has 3 N–H and O–H groups in total. The number of nitrogens with two attached hydrogens (primary N) is 1. The van der Waals surface area contributed by atoms with Crippen molar-refractivity contribution < 1.29 is 22.7 Å². The van der Waals surface area contributed by atoms with E-state index in [0.717, 1.165) is 10.9 Å². The number of carbonyl (C=O) groups is 1. The molecule has 0 saturated carbocycles. The maximum Gasteiger partial charge on any atom is 0.340 e. The molecule has 10 nitrogen and oxygen atoms in total. The standard InChI is InChI=1S/C26H33N5O5S/c1-6-26(4,27)19-15-29-23(35-10-7-11-37(5,33)34)18-14-28-22(12-17(18)19)31-21-9-8-16-20(30-21)13-25(2,3)36-24(16)32/h8-9,12,14-15H,6-7,10-11,13,27H2,1-5H3,(H,28,30,31)/t26-/m1/s1. The van der Waals surface area contributed by atoms with Crippen LogP contribution in [-0.2, 0) is 26.5 Å². The first-order valence-electron chi connectivity index (χ1n) is 12.2. The molecule has 0 aromatic carbocycles. The molecule has 198 valence electrons. The Balaban J connectivity index is 1.67. The van der Waals surface area contributed by atoms with Crippen LogP contribution in [0.1, 0.15) is 62.2 Å². The van der Waals surface area contributed by atoms with E-state index in [4.69, 9.17) is 15.2 Å². The van der Waals surface area contributed by atoms with Crippen LogP contribution in [0.15, 0.2) is 30.6 Å². The summed E-state index contributed by atoms with van der Waals surface area (Å²) in [6, 6.07) is 5.29. The number of nitrogens with one attached hydrogen (secondary N) is 1. The van der Waals surface area contributed by atoms with Crippen LogP contribution in [0.3, 0.4) is 0 Å². The smallest absolute Gasteiger partial charge is 0.340 e. The molecule has 3 aromatic rings. The van der Waals surface area contributed by atoms with E-state index in [0.29, 0.717) is 53.4 Å². The van der Waals surface area contributed by atoms with Gasteiger partial charge in [-0.1, -0.05) is 6.92 Å². The van der Waals surface area contributed by atoms with Gasteiger partial charge >= 0.3 is 5.97 Å². The average molecular weight is 528 g/mol. The number of cyclic esters (lactones) is 1. The number of rotatable bonds is 9. The predicted octanol–water partition coefficient (Wildman–Crippen LogP) is 3.66. The summed E-state index contributed by atoms with van der Waals surface area (Å²) in [5.41, 5.74) is 7.30. The lowest BCUT2D eigenvalue weighted by atomic mass is 9.88. The van der Waals surface area contributed by atoms with Crippen molar-refractivity contribution in [3.8, 4) is 5.88 Å². The van der Waals surface area contributed by atoms with Crippen LogP contribution >= 0.6 is 0 Å². The Morgan fingerprint density at radius 3 is 2.65 bits per heavy atom. The largest absolute Gasteiger partial charge is 0.477 e. The molecule has 0 amide bonds. The molecule has 0 fully saturated rings. The van der Waals surface area contributed by atoms with Gasteiger partial charge in [-0.25, -0.2) is 28.2 Å². The fraction of sp³-hybridized carbons (Fsp3) is 0.462. The molecular weight excluding hydrogens is 494 g/mol. The molecule has 1 aliphatic rings. The number of nitrogens with zero attached hydrogens (tertiary/aromatic N) is 3. The van der Waals surface area contributed by atoms with E-state index in [9.17, 15) is 13.2 Å². The summed E-state index contributed by atoms with van der Waals surface area (Å²) in [6.45, 7) is 7.86. The molecule has 0 aliphatic carbocycles. The van der Waals surface area contributed by atoms with E-state index in [2.05, 4.69) is 20.3 Å². The number of pyridine rings is 3. The van der Waals surface area contributed by atoms with Crippen LogP contribution in [0.5, 0.6) is 5.88 Å². The molecule has 0 radical (unpaired) electrons. The highest BCUT2D eigenvalue weighted by atomic mass is 32.2. The Kier molecular flexibility index (Phi) is 7.13. The van der Waals surface area contributed by atoms with Gasteiger partial charge in [-0.05, 0) is 62.8 Å². The predicted molar refractivity (Wildman–Crippen MR) is 142 cm³/mol. The topological polar surface area (TPSA) is 146 Å². The van der Waals surface area contributed by atoms with Crippen LogP contribution in [0, 0.1) is 0 Å². The van der Waals surface area contributed by atoms with Crippen LogP contribution in [0.25, 0.3) is 10.8 Å². The van der Waals surface area contributed by atoms with Crippen molar-refractivity contribution in [1.29, 1.82) is 0 Å². The number of anilines is 2. The molecule has 0 unspecified atom stereocenters. The fourth-order valence-electron chi connectivity index (χ4n) is 4.20. The summed E-state index contributed by atoms with van der Waals surface area (Å²) in [4.78, 5) is 25.9. The SMILES string of the molecule is CC[C@@](C)(N)c1cnc(OCCCS(C)(=O)=O)c2cnc(Nc3ccc4c(n3)CC(C)(C)OC4=O)cc12. The summed E-state index contributed by atoms with van der Waals surface area (Å²) >= 11 is 0. The van der Waals surface area contributed by atoms with Crippen molar-refractivity contribution in [3.05, 3.63) is 47.4 Å². The zero-order chi connectivity index (χ0) is 27.0. The second-order valence-corrected chi connectivity index (χ2v) is 12.6. The van der Waals surface area contributed by atoms with Gasteiger partial charge in [0.25, 0.3) is 0 Å². The van der Waals surface area contributed by atoms with Gasteiger partial charge < -0.3 is 20.5 Å². The van der Waals surface area contributed by atoms with E-state index in [-0.39, 0.29) is 18.3 Å². The van der Waals surface area contributed by atoms with Gasteiger partial charge in [-0.15, -0.1) is 0 Å². The van der Waals surface area contributed by atoms with Crippen molar-refractivity contribution in [2.24, 2.45) is 5.73 Å². The normalized spacial score (nSPS) is 16.5. The molecule has 1 atom stereocenters. The van der Waals surface area contributed by atoms with E-state index in [1.54, 1.807) is 24.5 Å². The summed E-state index contributed by atoms with van der Waals surface area (Å²) in [7, 11) is -3.07. The van der Waals surface area contributed by atoms with Gasteiger partial charge in [0.05, 0.1) is 29.0 Å². The third-order valence-electron chi connectivity index (χ3n) is 6.40. The number of hydrogen-bond acceptors (Lipinski definition) is 10. The van der Waals surface area contributed by atoms with Gasteiger partial charge in [0.1, 0.15) is 27.1 Å². The Bertz CT molecular complexity index is 1450. The quantitative estimate of drug-likeness (QED) is 0.312. The zero-order valence-electron chi connectivity index (χ0n) is 21.8. The number of esters is 1. The number of sulfone groups is 1. The van der Waals surface area contributed by atoms with E-state index in [1.165, 1.54) is 6.26 Å². The molecular formula is C26H33N5O5S. The Hall–Kier alpha value is -3.31. The van der Waals surface area contributed by atoms with Gasteiger partial charge in [0.15, 0.2) is 0 Å². The molecule has 0 saturated heterocycles. The van der Waals surface area contributed by atoms with Crippen LogP contribution in [-0.4, -0.2) is 53.6 Å². The van der Waals surface area contributed by atoms with E-state index < -0.39 is 21.0 Å². The second-order valence-electron chi connectivity index (χ2n) is 10.3. The Morgan fingerprint density at radius 1 is 1.19 bits per heavy atom. The van der Waals surface area contributed by atoms with Gasteiger partial charge in [0.2, 0.25) is 5.88 Å². The summed E-state index contributed by atoms with van der Waals surface area (Å²) < 4.78 is 34.1. The fourth-order valence-corrected chi connectivity index (χ4v) is 4.84. The molecule has 11 heteroatoms. The first-order chi connectivity index (χ1) is 17.3. The lowest BCUT2D eigenvalue weighted by Crippen LogP contribution is -2.36. The Morgan fingerprint density at radius 2 is 1.95 bits per heavy atom. The molecule has 37 heavy (non-hydrogen) atoms. The Labute approximate surface area is 216 Å². The van der Waals surface area contributed by atoms with Gasteiger partial charge in [-0.2, -0.15) is 0 Å². The highest BCUT2D eigenvalue weighted by Crippen LogP contribution is 2.34. The number of carbonyl (C=O) groups excluding carboxylic acids is 1. The van der Waals surface area contributed by atoms with Crippen molar-refractivity contribution >= 4 is 38.2 Å². The number of hydrogen-bond donors (Lipinski definition) is 2. The number of fused-ring (bicyclic) bond motifs is 2. The molecule has 0 bridgehead atoms. The zero-order valence-corrected chi connectivity index (χ0v) is 22.6. The maximum atomic E-state index is 12.3. The van der Waals surface area contributed by atoms with Crippen molar-refractivity contribution in [2.45, 2.75) is 58.1 Å². The maximum absolute atomic E-state index is 12.3. The first-order valence-corrected chi connectivity index (χ1v) is 14.2. The van der Waals surface area contributed by atoms with Crippen molar-refractivity contribution in [3.63, 3.8) is 0 Å². The van der Waals surface area contributed by atoms with Crippen molar-refractivity contribution in [2.75, 3.05) is 23.9 Å². The highest BCUT2D eigenvalue weighted by molar-refractivity contribution is 7.90. The lowest BCUT2D eigenvalue weighted by Gasteiger charge is -2.30. The minimum Gasteiger partial charge on any atom is -0.477 e. The lowest BCUT2D eigenvalue weighted by molar-refractivity contribution is -0.00714. The monoisotopic (exact) mass is 527 g/mol. The summed E-state index contributed by atoms with van der Waals surface area (Å²) in [5.74, 6) is 1.12. The van der Waals surface area contributed by atoms with Gasteiger partial charge in [0, 0.05) is 30.6 Å². The highest BCUT2D eigenvalue weighted by Gasteiger charge is 2.33. The van der Waals surface area contributed by atoms with Crippen molar-refractivity contribution in [1.82, 2.24) is 15.0 Å². The average Bonchev–Trinajstić information content (AvgIpc) is 2.80. The van der Waals surface area contributed by atoms with E-state index >= 15 is 0 Å². The minimum atomic E-state index is -3.07. The van der Waals surface area contributed by atoms with Crippen LogP contribution in [0.2, 0.25) is 0 Å². The minimum absolute atomic E-state index is 0.0364. The summed E-state index contributed by atoms with van der Waals surface area (Å²) in [6.07, 6.45) is 6.10. The number of aromatic nitrogens is 3. The molecule has 4 heterocycles. The molecule has 0 spiro atoms. The molecule has 4 rings (SSSR count). The van der Waals surface area contributed by atoms with Gasteiger partial charge in [-0.3, -0.25) is 0 Å². The first kappa shape index (κ1) is 26.7. The second kappa shape index (κ2) is 9.86. The summed E-state index contributed by atoms with van der Waals surface area (Å²) in [5, 5.41) is 4.73. The number of ether oxygens (including phenoxy) is 2. The van der Waals surface area contributed by atoms with E-state index in [1.807, 2.05) is 33.8 Å².